The minimum atomic E-state index is 0.742. The van der Waals surface area contributed by atoms with Crippen LogP contribution in [0.5, 0.6) is 0 Å². The molecule has 0 saturated carbocycles. The molecular weight excluding hydrogens is 279 g/mol. The van der Waals surface area contributed by atoms with Gasteiger partial charge in [-0.3, -0.25) is 0 Å². The van der Waals surface area contributed by atoms with Gasteiger partial charge >= 0.3 is 0 Å². The van der Waals surface area contributed by atoms with E-state index < -0.39 is 0 Å². The van der Waals surface area contributed by atoms with Crippen molar-refractivity contribution in [2.45, 2.75) is 6.54 Å². The van der Waals surface area contributed by atoms with Gasteiger partial charge in [-0.2, -0.15) is 0 Å². The zero-order valence-corrected chi connectivity index (χ0v) is 12.5. The molecule has 0 amide bonds. The summed E-state index contributed by atoms with van der Waals surface area (Å²) < 4.78 is 0. The van der Waals surface area contributed by atoms with Crippen LogP contribution in [-0.4, -0.2) is 14.1 Å². The van der Waals surface area contributed by atoms with Crippen molar-refractivity contribution in [1.82, 2.24) is 0 Å². The highest BCUT2D eigenvalue weighted by atomic mass is 35.5. The molecular formula is C15H16Cl2N2. The summed E-state index contributed by atoms with van der Waals surface area (Å²) >= 11 is 12.1. The van der Waals surface area contributed by atoms with Crippen molar-refractivity contribution in [2.75, 3.05) is 24.3 Å². The Morgan fingerprint density at radius 3 is 2.26 bits per heavy atom. The van der Waals surface area contributed by atoms with Gasteiger partial charge in [-0.1, -0.05) is 35.3 Å². The molecule has 4 heteroatoms. The van der Waals surface area contributed by atoms with Crippen LogP contribution in [0.3, 0.4) is 0 Å². The summed E-state index contributed by atoms with van der Waals surface area (Å²) in [6.07, 6.45) is 0. The molecule has 0 aliphatic rings. The predicted octanol–water partition coefficient (Wildman–Crippen LogP) is 4.67. The van der Waals surface area contributed by atoms with Crippen LogP contribution in [0.25, 0.3) is 0 Å². The van der Waals surface area contributed by atoms with Crippen LogP contribution in [0.4, 0.5) is 11.4 Å². The van der Waals surface area contributed by atoms with Crippen molar-refractivity contribution in [3.63, 3.8) is 0 Å². The smallest absolute Gasteiger partial charge is 0.0659 e. The molecule has 2 rings (SSSR count). The number of hydrogen-bond donors (Lipinski definition) is 1. The van der Waals surface area contributed by atoms with E-state index in [0.717, 1.165) is 28.0 Å². The summed E-state index contributed by atoms with van der Waals surface area (Å²) in [5, 5.41) is 4.84. The first-order valence-corrected chi connectivity index (χ1v) is 6.77. The molecule has 1 N–H and O–H groups in total. The van der Waals surface area contributed by atoms with Gasteiger partial charge in [0.05, 0.1) is 10.7 Å². The number of benzene rings is 2. The van der Waals surface area contributed by atoms with Crippen LogP contribution in [0.15, 0.2) is 42.5 Å². The fourth-order valence-corrected chi connectivity index (χ4v) is 2.26. The fraction of sp³-hybridized carbons (Fsp3) is 0.200. The lowest BCUT2D eigenvalue weighted by Crippen LogP contribution is -2.09. The van der Waals surface area contributed by atoms with Gasteiger partial charge in [0, 0.05) is 31.4 Å². The van der Waals surface area contributed by atoms with E-state index in [4.69, 9.17) is 23.2 Å². The highest BCUT2D eigenvalue weighted by Crippen LogP contribution is 2.27. The molecule has 0 radical (unpaired) electrons. The molecule has 2 aromatic carbocycles. The van der Waals surface area contributed by atoms with Crippen LogP contribution >= 0.6 is 23.2 Å². The summed E-state index contributed by atoms with van der Waals surface area (Å²) in [6.45, 7) is 0.745. The number of anilines is 2. The summed E-state index contributed by atoms with van der Waals surface area (Å²) in [4.78, 5) is 1.99. The lowest BCUT2D eigenvalue weighted by Gasteiger charge is -2.15. The Kier molecular flexibility index (Phi) is 4.56. The van der Waals surface area contributed by atoms with Gasteiger partial charge in [0.2, 0.25) is 0 Å². The molecule has 2 aromatic rings. The van der Waals surface area contributed by atoms with Crippen LogP contribution < -0.4 is 10.2 Å². The molecule has 100 valence electrons. The first kappa shape index (κ1) is 14.0. The van der Waals surface area contributed by atoms with E-state index in [2.05, 4.69) is 5.32 Å². The summed E-state index contributed by atoms with van der Waals surface area (Å²) in [5.74, 6) is 0. The van der Waals surface area contributed by atoms with Crippen molar-refractivity contribution in [2.24, 2.45) is 0 Å². The zero-order chi connectivity index (χ0) is 13.8. The third-order valence-electron chi connectivity index (χ3n) is 2.84. The molecule has 0 bridgehead atoms. The third-order valence-corrected chi connectivity index (χ3v) is 3.39. The molecule has 0 heterocycles. The summed E-state index contributed by atoms with van der Waals surface area (Å²) in [6, 6.07) is 13.8. The maximum Gasteiger partial charge on any atom is 0.0659 e. The average molecular weight is 295 g/mol. The van der Waals surface area contributed by atoms with E-state index >= 15 is 0 Å². The quantitative estimate of drug-likeness (QED) is 0.881. The Hall–Kier alpha value is -1.38. The molecule has 0 aliphatic heterocycles. The monoisotopic (exact) mass is 294 g/mol. The Morgan fingerprint density at radius 1 is 1.00 bits per heavy atom. The van der Waals surface area contributed by atoms with E-state index in [0.29, 0.717) is 0 Å². The van der Waals surface area contributed by atoms with E-state index in [9.17, 15) is 0 Å². The van der Waals surface area contributed by atoms with Gasteiger partial charge in [-0.25, -0.2) is 0 Å². The normalized spacial score (nSPS) is 10.3. The van der Waals surface area contributed by atoms with E-state index in [1.54, 1.807) is 0 Å². The highest BCUT2D eigenvalue weighted by Gasteiger charge is 2.03. The molecule has 19 heavy (non-hydrogen) atoms. The number of nitrogens with one attached hydrogen (secondary N) is 1. The van der Waals surface area contributed by atoms with E-state index in [-0.39, 0.29) is 0 Å². The summed E-state index contributed by atoms with van der Waals surface area (Å²) in [5.41, 5.74) is 3.20. The van der Waals surface area contributed by atoms with Crippen molar-refractivity contribution >= 4 is 34.6 Å². The number of halogens is 2. The molecule has 0 atom stereocenters. The maximum absolute atomic E-state index is 6.23. The second kappa shape index (κ2) is 6.18. The number of nitrogens with zero attached hydrogens (tertiary/aromatic N) is 1. The standard InChI is InChI=1S/C15H16Cl2N2/c1-19(2)15-8-7-13(9-14(15)17)18-10-11-3-5-12(16)6-4-11/h3-9,18H,10H2,1-2H3. The highest BCUT2D eigenvalue weighted by molar-refractivity contribution is 6.33. The number of rotatable bonds is 4. The van der Waals surface area contributed by atoms with Gasteiger partial charge in [0.15, 0.2) is 0 Å². The van der Waals surface area contributed by atoms with Gasteiger partial charge in [0.1, 0.15) is 0 Å². The van der Waals surface area contributed by atoms with Crippen LogP contribution in [-0.2, 0) is 6.54 Å². The Morgan fingerprint density at radius 2 is 1.68 bits per heavy atom. The minimum Gasteiger partial charge on any atom is -0.381 e. The molecule has 0 saturated heterocycles. The van der Waals surface area contributed by atoms with Crippen molar-refractivity contribution in [1.29, 1.82) is 0 Å². The van der Waals surface area contributed by atoms with E-state index in [1.165, 1.54) is 5.56 Å². The lowest BCUT2D eigenvalue weighted by molar-refractivity contribution is 1.12. The fourth-order valence-electron chi connectivity index (χ4n) is 1.79. The molecule has 0 aliphatic carbocycles. The second-order valence-electron chi connectivity index (χ2n) is 4.54. The third kappa shape index (κ3) is 3.79. The molecule has 0 spiro atoms. The first-order valence-electron chi connectivity index (χ1n) is 6.01. The Bertz CT molecular complexity index is 551. The molecule has 0 unspecified atom stereocenters. The maximum atomic E-state index is 6.23. The van der Waals surface area contributed by atoms with Gasteiger partial charge < -0.3 is 10.2 Å². The van der Waals surface area contributed by atoms with Crippen molar-refractivity contribution in [3.8, 4) is 0 Å². The summed E-state index contributed by atoms with van der Waals surface area (Å²) in [7, 11) is 3.95. The minimum absolute atomic E-state index is 0.742. The van der Waals surface area contributed by atoms with E-state index in [1.807, 2.05) is 61.5 Å². The number of hydrogen-bond acceptors (Lipinski definition) is 2. The van der Waals surface area contributed by atoms with Crippen LogP contribution in [0, 0.1) is 0 Å². The predicted molar refractivity (Wildman–Crippen MR) is 84.6 cm³/mol. The van der Waals surface area contributed by atoms with Crippen molar-refractivity contribution < 1.29 is 0 Å². The second-order valence-corrected chi connectivity index (χ2v) is 5.38. The first-order chi connectivity index (χ1) is 9.06. The van der Waals surface area contributed by atoms with Gasteiger partial charge in [0.25, 0.3) is 0 Å². The van der Waals surface area contributed by atoms with Crippen molar-refractivity contribution in [3.05, 3.63) is 58.1 Å². The van der Waals surface area contributed by atoms with Gasteiger partial charge in [-0.15, -0.1) is 0 Å². The Balaban J connectivity index is 2.04. The largest absolute Gasteiger partial charge is 0.381 e. The average Bonchev–Trinajstić information content (AvgIpc) is 2.37. The lowest BCUT2D eigenvalue weighted by atomic mass is 10.2. The molecule has 0 fully saturated rings. The molecule has 2 nitrogen and oxygen atoms in total. The zero-order valence-electron chi connectivity index (χ0n) is 11.0. The SMILES string of the molecule is CN(C)c1ccc(NCc2ccc(Cl)cc2)cc1Cl. The topological polar surface area (TPSA) is 15.3 Å². The Labute approximate surface area is 123 Å². The van der Waals surface area contributed by atoms with Crippen LogP contribution in [0.2, 0.25) is 10.0 Å². The van der Waals surface area contributed by atoms with Crippen LogP contribution in [0.1, 0.15) is 5.56 Å². The molecule has 0 aromatic heterocycles. The van der Waals surface area contributed by atoms with Gasteiger partial charge in [-0.05, 0) is 35.9 Å².